The summed E-state index contributed by atoms with van der Waals surface area (Å²) in [5.41, 5.74) is 0.256. The lowest BCUT2D eigenvalue weighted by Crippen LogP contribution is -2.26. The van der Waals surface area contributed by atoms with E-state index in [0.717, 1.165) is 11.9 Å². The lowest BCUT2D eigenvalue weighted by Gasteiger charge is -2.05. The smallest absolute Gasteiger partial charge is 0.252 e. The van der Waals surface area contributed by atoms with Crippen molar-refractivity contribution in [2.24, 2.45) is 0 Å². The number of nitrogens with one attached hydrogen (secondary N) is 2. The van der Waals surface area contributed by atoms with Crippen LogP contribution in [0.4, 0.5) is 4.39 Å². The number of nitrogens with zero attached hydrogens (tertiary/aromatic N) is 2. The quantitative estimate of drug-likeness (QED) is 0.657. The Morgan fingerprint density at radius 1 is 1.55 bits per heavy atom. The molecule has 0 radical (unpaired) electrons. The minimum atomic E-state index is -0.470. The van der Waals surface area contributed by atoms with Gasteiger partial charge in [-0.25, -0.2) is 9.37 Å². The minimum Gasteiger partial charge on any atom is -0.351 e. The molecule has 1 amide bonds. The molecule has 1 aromatic heterocycles. The number of hydrogen-bond acceptors (Lipinski definition) is 4. The minimum absolute atomic E-state index is 0.0970. The van der Waals surface area contributed by atoms with Gasteiger partial charge in [0.25, 0.3) is 5.91 Å². The zero-order valence-corrected chi connectivity index (χ0v) is 12.2. The van der Waals surface area contributed by atoms with E-state index in [2.05, 4.69) is 20.5 Å². The van der Waals surface area contributed by atoms with Crippen LogP contribution < -0.4 is 5.32 Å². The number of rotatable bonds is 5. The Morgan fingerprint density at radius 3 is 3.00 bits per heavy atom. The summed E-state index contributed by atoms with van der Waals surface area (Å²) in [6.45, 7) is 2.25. The van der Waals surface area contributed by atoms with Crippen LogP contribution in [-0.4, -0.2) is 33.4 Å². The molecule has 1 aromatic carbocycles. The zero-order valence-electron chi connectivity index (χ0n) is 10.6. The first-order valence-corrected chi connectivity index (χ1v) is 7.17. The summed E-state index contributed by atoms with van der Waals surface area (Å²) in [5, 5.41) is 10.1. The SMILES string of the molecule is Cc1nc(SCCNC(=O)c2ccc(F)cc2Cl)n[nH]1. The van der Waals surface area contributed by atoms with Crippen LogP contribution >= 0.6 is 23.4 Å². The molecule has 0 fully saturated rings. The molecule has 106 valence electrons. The van der Waals surface area contributed by atoms with E-state index in [1.807, 2.05) is 6.92 Å². The van der Waals surface area contributed by atoms with E-state index in [-0.39, 0.29) is 16.5 Å². The molecule has 0 saturated heterocycles. The van der Waals surface area contributed by atoms with Crippen LogP contribution in [0.1, 0.15) is 16.2 Å². The molecular formula is C12H12ClFN4OS. The standard InChI is InChI=1S/C12H12ClFN4OS/c1-7-16-12(18-17-7)20-5-4-15-11(19)9-3-2-8(14)6-10(9)13/h2-3,6H,4-5H2,1H3,(H,15,19)(H,16,17,18). The van der Waals surface area contributed by atoms with E-state index in [9.17, 15) is 9.18 Å². The van der Waals surface area contributed by atoms with Crippen molar-refractivity contribution >= 4 is 29.3 Å². The van der Waals surface area contributed by atoms with Gasteiger partial charge in [0.2, 0.25) is 5.16 Å². The van der Waals surface area contributed by atoms with Crippen molar-refractivity contribution in [1.82, 2.24) is 20.5 Å². The Hall–Kier alpha value is -1.60. The Bertz CT molecular complexity index is 619. The van der Waals surface area contributed by atoms with Gasteiger partial charge in [-0.3, -0.25) is 9.89 Å². The molecule has 2 N–H and O–H groups in total. The number of carbonyl (C=O) groups is 1. The van der Waals surface area contributed by atoms with Gasteiger partial charge in [-0.05, 0) is 25.1 Å². The Morgan fingerprint density at radius 2 is 2.35 bits per heavy atom. The van der Waals surface area contributed by atoms with E-state index in [1.165, 1.54) is 23.9 Å². The van der Waals surface area contributed by atoms with Crippen LogP contribution in [-0.2, 0) is 0 Å². The monoisotopic (exact) mass is 314 g/mol. The molecule has 0 unspecified atom stereocenters. The van der Waals surface area contributed by atoms with Crippen molar-refractivity contribution in [3.63, 3.8) is 0 Å². The summed E-state index contributed by atoms with van der Waals surface area (Å²) >= 11 is 7.23. The first kappa shape index (κ1) is 14.8. The van der Waals surface area contributed by atoms with Gasteiger partial charge in [-0.2, -0.15) is 0 Å². The number of carbonyl (C=O) groups excluding carboxylic acids is 1. The third kappa shape index (κ3) is 3.94. The molecule has 8 heteroatoms. The molecule has 0 aliphatic heterocycles. The third-order valence-electron chi connectivity index (χ3n) is 2.37. The third-order valence-corrected chi connectivity index (χ3v) is 3.53. The number of thioether (sulfide) groups is 1. The van der Waals surface area contributed by atoms with Gasteiger partial charge in [0.1, 0.15) is 11.6 Å². The molecule has 0 aliphatic rings. The summed E-state index contributed by atoms with van der Waals surface area (Å²) < 4.78 is 12.9. The van der Waals surface area contributed by atoms with Gasteiger partial charge in [-0.1, -0.05) is 23.4 Å². The second-order valence-electron chi connectivity index (χ2n) is 3.93. The number of aryl methyl sites for hydroxylation is 1. The highest BCUT2D eigenvalue weighted by Crippen LogP contribution is 2.17. The van der Waals surface area contributed by atoms with E-state index in [1.54, 1.807) is 0 Å². The number of aromatic nitrogens is 3. The second kappa shape index (κ2) is 6.71. The number of aromatic amines is 1. The molecular weight excluding hydrogens is 303 g/mol. The topological polar surface area (TPSA) is 70.7 Å². The zero-order chi connectivity index (χ0) is 14.5. The molecule has 20 heavy (non-hydrogen) atoms. The highest BCUT2D eigenvalue weighted by atomic mass is 35.5. The van der Waals surface area contributed by atoms with Gasteiger partial charge >= 0.3 is 0 Å². The predicted octanol–water partition coefficient (Wildman–Crippen LogP) is 2.43. The molecule has 2 rings (SSSR count). The number of hydrogen-bond donors (Lipinski definition) is 2. The van der Waals surface area contributed by atoms with Crippen LogP contribution in [0.3, 0.4) is 0 Å². The summed E-state index contributed by atoms with van der Waals surface area (Å²) in [6, 6.07) is 3.67. The number of H-pyrrole nitrogens is 1. The summed E-state index contributed by atoms with van der Waals surface area (Å²) in [6.07, 6.45) is 0. The molecule has 0 aliphatic carbocycles. The highest BCUT2D eigenvalue weighted by molar-refractivity contribution is 7.99. The first-order valence-electron chi connectivity index (χ1n) is 5.81. The van der Waals surface area contributed by atoms with Crippen LogP contribution in [0, 0.1) is 12.7 Å². The second-order valence-corrected chi connectivity index (χ2v) is 5.40. The maximum Gasteiger partial charge on any atom is 0.252 e. The average Bonchev–Trinajstić information content (AvgIpc) is 2.80. The van der Waals surface area contributed by atoms with Crippen molar-refractivity contribution in [3.05, 3.63) is 40.4 Å². The maximum absolute atomic E-state index is 12.9. The predicted molar refractivity (Wildman–Crippen MR) is 75.6 cm³/mol. The first-order chi connectivity index (χ1) is 9.56. The van der Waals surface area contributed by atoms with Crippen LogP contribution in [0.5, 0.6) is 0 Å². The number of benzene rings is 1. The van der Waals surface area contributed by atoms with Crippen molar-refractivity contribution in [3.8, 4) is 0 Å². The van der Waals surface area contributed by atoms with E-state index in [4.69, 9.17) is 11.6 Å². The normalized spacial score (nSPS) is 10.6. The Kier molecular flexibility index (Phi) is 4.97. The van der Waals surface area contributed by atoms with Gasteiger partial charge in [0.15, 0.2) is 0 Å². The molecule has 1 heterocycles. The Labute approximate surface area is 124 Å². The van der Waals surface area contributed by atoms with Crippen LogP contribution in [0.2, 0.25) is 5.02 Å². The van der Waals surface area contributed by atoms with Crippen LogP contribution in [0.15, 0.2) is 23.4 Å². The molecule has 2 aromatic rings. The van der Waals surface area contributed by atoms with Crippen molar-refractivity contribution in [2.75, 3.05) is 12.3 Å². The number of amides is 1. The van der Waals surface area contributed by atoms with E-state index >= 15 is 0 Å². The molecule has 0 saturated carbocycles. The number of halogens is 2. The fourth-order valence-electron chi connectivity index (χ4n) is 1.46. The molecule has 0 spiro atoms. The summed E-state index contributed by atoms with van der Waals surface area (Å²) in [5.74, 6) is 0.570. The van der Waals surface area contributed by atoms with Crippen molar-refractivity contribution < 1.29 is 9.18 Å². The molecule has 5 nitrogen and oxygen atoms in total. The molecule has 0 bridgehead atoms. The average molecular weight is 315 g/mol. The summed E-state index contributed by atoms with van der Waals surface area (Å²) in [7, 11) is 0. The lowest BCUT2D eigenvalue weighted by molar-refractivity contribution is 0.0956. The van der Waals surface area contributed by atoms with Crippen molar-refractivity contribution in [2.45, 2.75) is 12.1 Å². The fraction of sp³-hybridized carbons (Fsp3) is 0.250. The van der Waals surface area contributed by atoms with E-state index < -0.39 is 5.82 Å². The largest absolute Gasteiger partial charge is 0.351 e. The van der Waals surface area contributed by atoms with Gasteiger partial charge in [0, 0.05) is 12.3 Å². The fourth-order valence-corrected chi connectivity index (χ4v) is 2.41. The van der Waals surface area contributed by atoms with E-state index in [0.29, 0.717) is 17.5 Å². The lowest BCUT2D eigenvalue weighted by atomic mass is 10.2. The maximum atomic E-state index is 12.9. The summed E-state index contributed by atoms with van der Waals surface area (Å²) in [4.78, 5) is 16.0. The highest BCUT2D eigenvalue weighted by Gasteiger charge is 2.10. The molecule has 0 atom stereocenters. The Balaban J connectivity index is 1.80. The van der Waals surface area contributed by atoms with Crippen LogP contribution in [0.25, 0.3) is 0 Å². The van der Waals surface area contributed by atoms with Gasteiger partial charge in [-0.15, -0.1) is 5.10 Å². The van der Waals surface area contributed by atoms with Gasteiger partial charge < -0.3 is 5.32 Å². The van der Waals surface area contributed by atoms with Crippen molar-refractivity contribution in [1.29, 1.82) is 0 Å². The van der Waals surface area contributed by atoms with Gasteiger partial charge in [0.05, 0.1) is 10.6 Å².